The van der Waals surface area contributed by atoms with Crippen LogP contribution in [0.15, 0.2) is 24.3 Å². The molecule has 0 saturated carbocycles. The van der Waals surface area contributed by atoms with E-state index in [1.165, 1.54) is 6.42 Å². The lowest BCUT2D eigenvalue weighted by molar-refractivity contribution is -0.137. The molecule has 10 nitrogen and oxygen atoms in total. The minimum atomic E-state index is -1.07. The molecule has 0 aliphatic heterocycles. The van der Waals surface area contributed by atoms with Gasteiger partial charge in [0.05, 0.1) is 0 Å². The first kappa shape index (κ1) is 26.9. The van der Waals surface area contributed by atoms with E-state index in [-0.39, 0.29) is 18.9 Å². The fraction of sp³-hybridized carbons (Fsp3) is 0.444. The van der Waals surface area contributed by atoms with Crippen molar-refractivity contribution in [3.05, 3.63) is 29.8 Å². The third kappa shape index (κ3) is 19.0. The summed E-state index contributed by atoms with van der Waals surface area (Å²) in [6.45, 7) is 4.31. The Labute approximate surface area is 164 Å². The summed E-state index contributed by atoms with van der Waals surface area (Å²) in [4.78, 5) is 41.8. The highest BCUT2D eigenvalue weighted by atomic mass is 16.4. The number of benzene rings is 1. The summed E-state index contributed by atoms with van der Waals surface area (Å²) < 4.78 is 0. The smallest absolute Gasteiger partial charge is 0.322 e. The van der Waals surface area contributed by atoms with Gasteiger partial charge in [-0.05, 0) is 37.1 Å². The maximum absolute atomic E-state index is 11.0. The van der Waals surface area contributed by atoms with Gasteiger partial charge in [0.15, 0.2) is 0 Å². The molecule has 1 rings (SSSR count). The lowest BCUT2D eigenvalue weighted by atomic mass is 10.2. The van der Waals surface area contributed by atoms with Crippen molar-refractivity contribution in [2.24, 2.45) is 11.5 Å². The van der Waals surface area contributed by atoms with Gasteiger partial charge in [0.25, 0.3) is 0 Å². The van der Waals surface area contributed by atoms with E-state index in [1.807, 2.05) is 0 Å². The topological polar surface area (TPSA) is 191 Å². The summed E-state index contributed by atoms with van der Waals surface area (Å²) in [7, 11) is 0. The van der Waals surface area contributed by atoms with Crippen LogP contribution in [-0.2, 0) is 9.59 Å². The quantitative estimate of drug-likeness (QED) is 0.278. The molecule has 0 aromatic heterocycles. The zero-order valence-electron chi connectivity index (χ0n) is 16.4. The van der Waals surface area contributed by atoms with Crippen LogP contribution < -0.4 is 27.8 Å². The van der Waals surface area contributed by atoms with Crippen LogP contribution >= 0.6 is 0 Å². The number of nitrogen functional groups attached to an aromatic ring is 1. The van der Waals surface area contributed by atoms with E-state index in [9.17, 15) is 19.2 Å². The monoisotopic (exact) mass is 397 g/mol. The predicted octanol–water partition coefficient (Wildman–Crippen LogP) is 0.810. The van der Waals surface area contributed by atoms with Crippen LogP contribution in [0.25, 0.3) is 0 Å². The molecular weight excluding hydrogens is 366 g/mol. The summed E-state index contributed by atoms with van der Waals surface area (Å²) in [5.74, 6) is -1.81. The molecule has 0 bridgehead atoms. The van der Waals surface area contributed by atoms with Gasteiger partial charge in [-0.25, -0.2) is 4.79 Å². The Balaban J connectivity index is 0. The number of aliphatic carboxylic acids is 1. The van der Waals surface area contributed by atoms with Gasteiger partial charge >= 0.3 is 12.0 Å². The van der Waals surface area contributed by atoms with Gasteiger partial charge in [-0.3, -0.25) is 14.4 Å². The molecule has 10 heteroatoms. The Kier molecular flexibility index (Phi) is 16.5. The molecule has 0 spiro atoms. The standard InChI is InChI=1S/C8H15N3O4.C7H8N2O.C3H8/c9-8(15)10-4-2-1-3-6(12)11-5-7(13)14;8-6-3-1-5(2-4-6)7(9)10;1-3-2/h1-5H2,(H,11,12)(H,13,14)(H3,9,10,15);1-4H,8H2,(H2,9,10);3H2,1-2H3. The second-order valence-corrected chi connectivity index (χ2v) is 5.61. The third-order valence-corrected chi connectivity index (χ3v) is 2.76. The number of urea groups is 1. The molecule has 9 N–H and O–H groups in total. The van der Waals surface area contributed by atoms with Gasteiger partial charge in [-0.15, -0.1) is 0 Å². The number of unbranched alkanes of at least 4 members (excludes halogenated alkanes) is 1. The molecule has 0 heterocycles. The van der Waals surface area contributed by atoms with Crippen molar-refractivity contribution in [2.75, 3.05) is 18.8 Å². The molecule has 1 aromatic rings. The molecule has 28 heavy (non-hydrogen) atoms. The molecule has 0 aliphatic rings. The third-order valence-electron chi connectivity index (χ3n) is 2.76. The molecule has 158 valence electrons. The predicted molar refractivity (Wildman–Crippen MR) is 107 cm³/mol. The fourth-order valence-electron chi connectivity index (χ4n) is 1.53. The Morgan fingerprint density at radius 3 is 1.93 bits per heavy atom. The average molecular weight is 397 g/mol. The zero-order chi connectivity index (χ0) is 21.9. The Bertz CT molecular complexity index is 605. The van der Waals surface area contributed by atoms with Crippen molar-refractivity contribution in [3.63, 3.8) is 0 Å². The maximum Gasteiger partial charge on any atom is 0.322 e. The Hall–Kier alpha value is -3.30. The van der Waals surface area contributed by atoms with Crippen LogP contribution in [0.3, 0.4) is 0 Å². The van der Waals surface area contributed by atoms with Gasteiger partial charge < -0.3 is 32.9 Å². The fourth-order valence-corrected chi connectivity index (χ4v) is 1.53. The zero-order valence-corrected chi connectivity index (χ0v) is 16.4. The second-order valence-electron chi connectivity index (χ2n) is 5.61. The van der Waals surface area contributed by atoms with Crippen molar-refractivity contribution in [1.29, 1.82) is 0 Å². The molecular formula is C18H31N5O5. The molecule has 4 amide bonds. The van der Waals surface area contributed by atoms with Crippen molar-refractivity contribution in [3.8, 4) is 0 Å². The van der Waals surface area contributed by atoms with Crippen LogP contribution in [-0.4, -0.2) is 42.0 Å². The molecule has 1 aromatic carbocycles. The van der Waals surface area contributed by atoms with E-state index in [0.717, 1.165) is 0 Å². The number of primary amides is 2. The Morgan fingerprint density at radius 1 is 0.964 bits per heavy atom. The van der Waals surface area contributed by atoms with E-state index in [1.54, 1.807) is 24.3 Å². The number of carbonyl (C=O) groups is 4. The number of carboxylic acids is 1. The summed E-state index contributed by atoms with van der Waals surface area (Å²) >= 11 is 0. The summed E-state index contributed by atoms with van der Waals surface area (Å²) in [5.41, 5.74) is 16.3. The van der Waals surface area contributed by atoms with Gasteiger partial charge in [-0.1, -0.05) is 20.3 Å². The molecule has 0 unspecified atom stereocenters. The van der Waals surface area contributed by atoms with Crippen molar-refractivity contribution in [2.45, 2.75) is 39.5 Å². The number of hydrogen-bond acceptors (Lipinski definition) is 5. The number of carboxylic acid groups (broad SMARTS) is 1. The van der Waals surface area contributed by atoms with Gasteiger partial charge in [0.1, 0.15) is 6.54 Å². The number of carbonyl (C=O) groups excluding carboxylic acids is 3. The van der Waals surface area contributed by atoms with Gasteiger partial charge in [-0.2, -0.15) is 0 Å². The first-order valence-electron chi connectivity index (χ1n) is 8.81. The van der Waals surface area contributed by atoms with E-state index in [0.29, 0.717) is 30.6 Å². The minimum Gasteiger partial charge on any atom is -0.480 e. The first-order valence-corrected chi connectivity index (χ1v) is 8.81. The van der Waals surface area contributed by atoms with E-state index >= 15 is 0 Å². The lowest BCUT2D eigenvalue weighted by Gasteiger charge is -2.02. The van der Waals surface area contributed by atoms with E-state index < -0.39 is 17.9 Å². The van der Waals surface area contributed by atoms with Gasteiger partial charge in [0.2, 0.25) is 11.8 Å². The first-order chi connectivity index (χ1) is 13.1. The van der Waals surface area contributed by atoms with Gasteiger partial charge in [0, 0.05) is 24.2 Å². The van der Waals surface area contributed by atoms with Crippen LogP contribution in [0.5, 0.6) is 0 Å². The van der Waals surface area contributed by atoms with Crippen LogP contribution in [0, 0.1) is 0 Å². The largest absolute Gasteiger partial charge is 0.480 e. The van der Waals surface area contributed by atoms with E-state index in [4.69, 9.17) is 22.3 Å². The second kappa shape index (κ2) is 17.1. The highest BCUT2D eigenvalue weighted by molar-refractivity contribution is 5.93. The number of anilines is 1. The molecule has 0 radical (unpaired) electrons. The summed E-state index contributed by atoms with van der Waals surface area (Å²) in [5, 5.41) is 12.9. The van der Waals surface area contributed by atoms with Crippen LogP contribution in [0.4, 0.5) is 10.5 Å². The highest BCUT2D eigenvalue weighted by Gasteiger charge is 2.03. The lowest BCUT2D eigenvalue weighted by Crippen LogP contribution is -2.31. The molecule has 0 aliphatic carbocycles. The number of nitrogens with two attached hydrogens (primary N) is 3. The SMILES string of the molecule is CCC.NC(=O)NCCCCC(=O)NCC(=O)O.NC(=O)c1ccc(N)cc1. The van der Waals surface area contributed by atoms with E-state index in [2.05, 4.69) is 24.5 Å². The molecule has 0 saturated heterocycles. The molecule has 0 fully saturated rings. The van der Waals surface area contributed by atoms with Crippen LogP contribution in [0.1, 0.15) is 49.9 Å². The highest BCUT2D eigenvalue weighted by Crippen LogP contribution is 2.03. The van der Waals surface area contributed by atoms with Crippen molar-refractivity contribution >= 4 is 29.5 Å². The molecule has 0 atom stereocenters. The number of rotatable bonds is 8. The van der Waals surface area contributed by atoms with Crippen molar-refractivity contribution < 1.29 is 24.3 Å². The normalized spacial score (nSPS) is 8.93. The van der Waals surface area contributed by atoms with Crippen LogP contribution in [0.2, 0.25) is 0 Å². The van der Waals surface area contributed by atoms with Crippen molar-refractivity contribution in [1.82, 2.24) is 10.6 Å². The summed E-state index contributed by atoms with van der Waals surface area (Å²) in [6, 6.07) is 5.88. The summed E-state index contributed by atoms with van der Waals surface area (Å²) in [6.07, 6.45) is 2.70. The number of amides is 4. The number of hydrogen-bond donors (Lipinski definition) is 6. The Morgan fingerprint density at radius 2 is 1.50 bits per heavy atom. The minimum absolute atomic E-state index is 0.244. The average Bonchev–Trinajstić information content (AvgIpc) is 2.61. The maximum atomic E-state index is 11.0. The number of nitrogens with one attached hydrogen (secondary N) is 2.